The second-order valence-corrected chi connectivity index (χ2v) is 6.61. The van der Waals surface area contributed by atoms with Crippen molar-refractivity contribution in [3.8, 4) is 0 Å². The minimum Gasteiger partial charge on any atom is -0.480 e. The summed E-state index contributed by atoms with van der Waals surface area (Å²) in [6, 6.07) is 0. The lowest BCUT2D eigenvalue weighted by Crippen LogP contribution is -2.31. The molecule has 0 aliphatic rings. The molecule has 0 aliphatic carbocycles. The van der Waals surface area contributed by atoms with Gasteiger partial charge in [-0.25, -0.2) is 4.98 Å². The van der Waals surface area contributed by atoms with E-state index in [-0.39, 0.29) is 10.6 Å². The predicted octanol–water partition coefficient (Wildman–Crippen LogP) is 1.85. The van der Waals surface area contributed by atoms with Crippen LogP contribution in [0.4, 0.5) is 0 Å². The molecule has 1 heterocycles. The average Bonchev–Trinajstić information content (AvgIpc) is 2.23. The molecule has 0 bridgehead atoms. The van der Waals surface area contributed by atoms with Gasteiger partial charge in [-0.2, -0.15) is 0 Å². The van der Waals surface area contributed by atoms with E-state index in [4.69, 9.17) is 5.11 Å². The highest BCUT2D eigenvalue weighted by Crippen LogP contribution is 2.29. The summed E-state index contributed by atoms with van der Waals surface area (Å²) >= 11 is 0.978. The summed E-state index contributed by atoms with van der Waals surface area (Å²) in [7, 11) is 0. The van der Waals surface area contributed by atoms with Gasteiger partial charge in [0, 0.05) is 18.9 Å². The number of thioether (sulfide) groups is 1. The van der Waals surface area contributed by atoms with Crippen LogP contribution in [-0.2, 0) is 11.3 Å². The van der Waals surface area contributed by atoms with Crippen LogP contribution in [0.1, 0.15) is 27.7 Å². The molecular weight excluding hydrogens is 252 g/mol. The highest BCUT2D eigenvalue weighted by Gasteiger charge is 2.30. The molecular formula is C12H18N2O3S. The van der Waals surface area contributed by atoms with E-state index in [9.17, 15) is 9.59 Å². The van der Waals surface area contributed by atoms with Crippen LogP contribution >= 0.6 is 11.8 Å². The van der Waals surface area contributed by atoms with Crippen molar-refractivity contribution in [2.75, 3.05) is 0 Å². The van der Waals surface area contributed by atoms with Crippen molar-refractivity contribution in [1.82, 2.24) is 9.55 Å². The number of aromatic nitrogens is 2. The minimum absolute atomic E-state index is 0.227. The van der Waals surface area contributed by atoms with E-state index in [1.54, 1.807) is 24.6 Å². The first-order valence-corrected chi connectivity index (χ1v) is 6.53. The van der Waals surface area contributed by atoms with Crippen molar-refractivity contribution in [3.63, 3.8) is 0 Å². The third-order valence-electron chi connectivity index (χ3n) is 2.31. The molecule has 100 valence electrons. The zero-order valence-electron chi connectivity index (χ0n) is 11.0. The van der Waals surface area contributed by atoms with Gasteiger partial charge in [-0.15, -0.1) is 0 Å². The molecule has 0 spiro atoms. The van der Waals surface area contributed by atoms with Crippen LogP contribution < -0.4 is 5.56 Å². The molecule has 5 nitrogen and oxygen atoms in total. The summed E-state index contributed by atoms with van der Waals surface area (Å²) in [4.78, 5) is 27.1. The van der Waals surface area contributed by atoms with Crippen LogP contribution in [0, 0.1) is 5.92 Å². The van der Waals surface area contributed by atoms with E-state index in [0.717, 1.165) is 11.8 Å². The van der Waals surface area contributed by atoms with Gasteiger partial charge < -0.3 is 9.67 Å². The Balaban J connectivity index is 3.05. The molecule has 0 aromatic carbocycles. The average molecular weight is 270 g/mol. The monoisotopic (exact) mass is 270 g/mol. The van der Waals surface area contributed by atoms with E-state index >= 15 is 0 Å². The SMILES string of the molecule is CC(C)Cn1ccnc(SC(C)(C)C(=O)O)c1=O. The van der Waals surface area contributed by atoms with Gasteiger partial charge in [0.05, 0.1) is 0 Å². The predicted molar refractivity (Wildman–Crippen MR) is 70.9 cm³/mol. The zero-order chi connectivity index (χ0) is 13.9. The lowest BCUT2D eigenvalue weighted by atomic mass is 10.2. The molecule has 0 unspecified atom stereocenters. The van der Waals surface area contributed by atoms with Gasteiger partial charge in [-0.05, 0) is 19.8 Å². The second kappa shape index (κ2) is 5.56. The highest BCUT2D eigenvalue weighted by atomic mass is 32.2. The van der Waals surface area contributed by atoms with Gasteiger partial charge in [-0.3, -0.25) is 9.59 Å². The summed E-state index contributed by atoms with van der Waals surface area (Å²) in [6.07, 6.45) is 3.16. The largest absolute Gasteiger partial charge is 0.480 e. The number of rotatable bonds is 5. The van der Waals surface area contributed by atoms with Gasteiger partial charge in [0.1, 0.15) is 4.75 Å². The maximum atomic E-state index is 12.1. The summed E-state index contributed by atoms with van der Waals surface area (Å²) in [5.74, 6) is -0.622. The number of hydrogen-bond donors (Lipinski definition) is 1. The fraction of sp³-hybridized carbons (Fsp3) is 0.583. The topological polar surface area (TPSA) is 72.2 Å². The van der Waals surface area contributed by atoms with Gasteiger partial charge in [-0.1, -0.05) is 25.6 Å². The third-order valence-corrected chi connectivity index (χ3v) is 3.47. The highest BCUT2D eigenvalue weighted by molar-refractivity contribution is 8.01. The Morgan fingerprint density at radius 1 is 1.56 bits per heavy atom. The van der Waals surface area contributed by atoms with Gasteiger partial charge in [0.2, 0.25) is 0 Å². The minimum atomic E-state index is -1.07. The van der Waals surface area contributed by atoms with Crippen molar-refractivity contribution in [1.29, 1.82) is 0 Å². The molecule has 0 amide bonds. The molecule has 0 fully saturated rings. The lowest BCUT2D eigenvalue weighted by Gasteiger charge is -2.17. The number of hydrogen-bond acceptors (Lipinski definition) is 4. The summed E-state index contributed by atoms with van der Waals surface area (Å²) in [6.45, 7) is 7.74. The van der Waals surface area contributed by atoms with Crippen LogP contribution in [0.5, 0.6) is 0 Å². The van der Waals surface area contributed by atoms with Crippen molar-refractivity contribution in [3.05, 3.63) is 22.7 Å². The van der Waals surface area contributed by atoms with Gasteiger partial charge in [0.25, 0.3) is 5.56 Å². The summed E-state index contributed by atoms with van der Waals surface area (Å²) in [5.41, 5.74) is -0.231. The van der Waals surface area contributed by atoms with Crippen molar-refractivity contribution < 1.29 is 9.90 Å². The van der Waals surface area contributed by atoms with E-state index in [2.05, 4.69) is 4.98 Å². The molecule has 0 radical (unpaired) electrons. The number of carboxylic acids is 1. The van der Waals surface area contributed by atoms with E-state index in [0.29, 0.717) is 12.5 Å². The molecule has 18 heavy (non-hydrogen) atoms. The molecule has 1 rings (SSSR count). The van der Waals surface area contributed by atoms with Gasteiger partial charge in [0.15, 0.2) is 5.03 Å². The molecule has 0 atom stereocenters. The van der Waals surface area contributed by atoms with Crippen molar-refractivity contribution in [2.45, 2.75) is 44.0 Å². The second-order valence-electron chi connectivity index (χ2n) is 5.00. The number of aliphatic carboxylic acids is 1. The maximum absolute atomic E-state index is 12.1. The molecule has 0 aliphatic heterocycles. The fourth-order valence-electron chi connectivity index (χ4n) is 1.32. The molecule has 6 heteroatoms. The Labute approximate surface area is 110 Å². The number of nitrogens with zero attached hydrogens (tertiary/aromatic N) is 2. The normalized spacial score (nSPS) is 11.8. The summed E-state index contributed by atoms with van der Waals surface area (Å²) < 4.78 is 0.501. The fourth-order valence-corrected chi connectivity index (χ4v) is 2.21. The molecule has 1 aromatic rings. The number of carbonyl (C=O) groups is 1. The molecule has 1 aromatic heterocycles. The maximum Gasteiger partial charge on any atom is 0.319 e. The summed E-state index contributed by atoms with van der Waals surface area (Å²) in [5, 5.41) is 9.28. The van der Waals surface area contributed by atoms with Crippen LogP contribution in [0.15, 0.2) is 22.2 Å². The quantitative estimate of drug-likeness (QED) is 0.827. The number of carboxylic acid groups (broad SMARTS) is 1. The van der Waals surface area contributed by atoms with Crippen LogP contribution in [0.3, 0.4) is 0 Å². The Hall–Kier alpha value is -1.30. The first kappa shape index (κ1) is 14.8. The van der Waals surface area contributed by atoms with Crippen LogP contribution in [0.2, 0.25) is 0 Å². The Kier molecular flexibility index (Phi) is 4.56. The van der Waals surface area contributed by atoms with Gasteiger partial charge >= 0.3 is 5.97 Å². The lowest BCUT2D eigenvalue weighted by molar-refractivity contribution is -0.138. The van der Waals surface area contributed by atoms with E-state index in [1.807, 2.05) is 13.8 Å². The molecule has 1 N–H and O–H groups in total. The van der Waals surface area contributed by atoms with Crippen LogP contribution in [0.25, 0.3) is 0 Å². The van der Waals surface area contributed by atoms with Crippen molar-refractivity contribution >= 4 is 17.7 Å². The Morgan fingerprint density at radius 2 is 2.17 bits per heavy atom. The van der Waals surface area contributed by atoms with Crippen molar-refractivity contribution in [2.24, 2.45) is 5.92 Å². The van der Waals surface area contributed by atoms with E-state index in [1.165, 1.54) is 6.20 Å². The molecule has 0 saturated carbocycles. The van der Waals surface area contributed by atoms with E-state index < -0.39 is 10.7 Å². The molecule has 0 saturated heterocycles. The zero-order valence-corrected chi connectivity index (χ0v) is 11.8. The first-order chi connectivity index (χ1) is 8.24. The Morgan fingerprint density at radius 3 is 2.67 bits per heavy atom. The van der Waals surface area contributed by atoms with Crippen LogP contribution in [-0.4, -0.2) is 25.4 Å². The smallest absolute Gasteiger partial charge is 0.319 e. The Bertz CT molecular complexity index is 494. The first-order valence-electron chi connectivity index (χ1n) is 5.72. The standard InChI is InChI=1S/C12H18N2O3S/c1-8(2)7-14-6-5-13-9(10(14)15)18-12(3,4)11(16)17/h5-6,8H,7H2,1-4H3,(H,16,17). The third kappa shape index (κ3) is 3.60.